The number of halogens is 3. The molecule has 1 aliphatic rings. The van der Waals surface area contributed by atoms with E-state index < -0.39 is 17.8 Å². The van der Waals surface area contributed by atoms with Crippen LogP contribution in [0.2, 0.25) is 0 Å². The zero-order valence-corrected chi connectivity index (χ0v) is 20.1. The molecule has 2 N–H and O–H groups in total. The van der Waals surface area contributed by atoms with Crippen molar-refractivity contribution in [3.8, 4) is 11.1 Å². The van der Waals surface area contributed by atoms with Crippen LogP contribution < -0.4 is 10.6 Å². The average molecular weight is 500 g/mol. The lowest BCUT2D eigenvalue weighted by molar-refractivity contribution is -0.137. The molecule has 1 saturated carbocycles. The largest absolute Gasteiger partial charge is 0.417 e. The Hall–Kier alpha value is -3.69. The molecule has 10 heteroatoms. The van der Waals surface area contributed by atoms with Gasteiger partial charge in [-0.1, -0.05) is 31.4 Å². The Morgan fingerprint density at radius 2 is 1.72 bits per heavy atom. The molecule has 1 atom stereocenters. The minimum absolute atomic E-state index is 0.00593. The predicted molar refractivity (Wildman–Crippen MR) is 129 cm³/mol. The molecule has 36 heavy (non-hydrogen) atoms. The minimum atomic E-state index is -4.52. The zero-order valence-electron chi connectivity index (χ0n) is 20.1. The van der Waals surface area contributed by atoms with Crippen molar-refractivity contribution in [3.05, 3.63) is 65.7 Å². The monoisotopic (exact) mass is 499 g/mol. The fraction of sp³-hybridized carbons (Fsp3) is 0.385. The molecule has 1 fully saturated rings. The second-order valence-electron chi connectivity index (χ2n) is 9.07. The van der Waals surface area contributed by atoms with Gasteiger partial charge in [-0.15, -0.1) is 0 Å². The average Bonchev–Trinajstić information content (AvgIpc) is 3.29. The first-order chi connectivity index (χ1) is 17.1. The lowest BCUT2D eigenvalue weighted by Gasteiger charge is -2.30. The van der Waals surface area contributed by atoms with E-state index in [2.05, 4.69) is 20.7 Å². The van der Waals surface area contributed by atoms with Crippen molar-refractivity contribution in [1.29, 1.82) is 0 Å². The van der Waals surface area contributed by atoms with Crippen LogP contribution in [0.1, 0.15) is 53.8 Å². The third-order valence-electron chi connectivity index (χ3n) is 6.63. The first-order valence-electron chi connectivity index (χ1n) is 11.9. The van der Waals surface area contributed by atoms with E-state index in [9.17, 15) is 22.8 Å². The second kappa shape index (κ2) is 10.5. The molecule has 1 aromatic carbocycles. The number of hydrogen-bond acceptors (Lipinski definition) is 4. The van der Waals surface area contributed by atoms with Crippen LogP contribution in [0.25, 0.3) is 11.1 Å². The molecule has 0 unspecified atom stereocenters. The Bertz CT molecular complexity index is 1230. The molecule has 4 rings (SSSR count). The number of carbonyl (C=O) groups excluding carboxylic acids is 2. The van der Waals surface area contributed by atoms with Gasteiger partial charge in [0, 0.05) is 36.4 Å². The van der Waals surface area contributed by atoms with Crippen LogP contribution in [0, 0.1) is 12.8 Å². The summed E-state index contributed by atoms with van der Waals surface area (Å²) in [6.45, 7) is 1.53. The number of aryl methyl sites for hydroxylation is 2. The highest BCUT2D eigenvalue weighted by atomic mass is 19.4. The molecule has 2 amide bonds. The summed E-state index contributed by atoms with van der Waals surface area (Å²) in [4.78, 5) is 30.1. The van der Waals surface area contributed by atoms with Crippen LogP contribution in [-0.2, 0) is 18.0 Å². The van der Waals surface area contributed by atoms with Gasteiger partial charge in [0.1, 0.15) is 11.7 Å². The maximum absolute atomic E-state index is 13.5. The summed E-state index contributed by atoms with van der Waals surface area (Å²) in [5.41, 5.74) is 0.624. The number of alkyl halides is 3. The SMILES string of the molecule is Cc1nccc(C(F)(F)F)c1-c1ccc(NC(=O)[C@@H](NC(=O)c2ccnn2C)C2CCCCC2)cc1. The van der Waals surface area contributed by atoms with Crippen molar-refractivity contribution < 1.29 is 22.8 Å². The van der Waals surface area contributed by atoms with Gasteiger partial charge in [0.05, 0.1) is 5.56 Å². The Kier molecular flexibility index (Phi) is 7.42. The molecule has 2 heterocycles. The second-order valence-corrected chi connectivity index (χ2v) is 9.07. The number of anilines is 1. The molecule has 0 bridgehead atoms. The van der Waals surface area contributed by atoms with Gasteiger partial charge in [0.15, 0.2) is 0 Å². The molecular formula is C26H28F3N5O2. The molecule has 190 valence electrons. The number of aromatic nitrogens is 3. The van der Waals surface area contributed by atoms with Crippen molar-refractivity contribution in [1.82, 2.24) is 20.1 Å². The zero-order chi connectivity index (χ0) is 25.9. The predicted octanol–water partition coefficient (Wildman–Crippen LogP) is 5.13. The maximum atomic E-state index is 13.5. The van der Waals surface area contributed by atoms with Gasteiger partial charge in [-0.25, -0.2) is 0 Å². The van der Waals surface area contributed by atoms with E-state index in [0.717, 1.165) is 44.4 Å². The van der Waals surface area contributed by atoms with Gasteiger partial charge in [-0.05, 0) is 55.5 Å². The Morgan fingerprint density at radius 3 is 2.33 bits per heavy atom. The molecular weight excluding hydrogens is 471 g/mol. The molecule has 0 saturated heterocycles. The number of pyridine rings is 1. The number of hydrogen-bond donors (Lipinski definition) is 2. The Morgan fingerprint density at radius 1 is 1.03 bits per heavy atom. The smallest absolute Gasteiger partial charge is 0.339 e. The van der Waals surface area contributed by atoms with Crippen molar-refractivity contribution >= 4 is 17.5 Å². The maximum Gasteiger partial charge on any atom is 0.417 e. The van der Waals surface area contributed by atoms with E-state index in [-0.39, 0.29) is 29.0 Å². The first kappa shape index (κ1) is 25.4. The van der Waals surface area contributed by atoms with Crippen LogP contribution in [0.15, 0.2) is 48.8 Å². The van der Waals surface area contributed by atoms with Crippen LogP contribution in [0.5, 0.6) is 0 Å². The number of nitrogens with one attached hydrogen (secondary N) is 2. The highest BCUT2D eigenvalue weighted by Gasteiger charge is 2.35. The number of carbonyl (C=O) groups is 2. The fourth-order valence-corrected chi connectivity index (χ4v) is 4.78. The van der Waals surface area contributed by atoms with Crippen molar-refractivity contribution in [2.75, 3.05) is 5.32 Å². The molecule has 7 nitrogen and oxygen atoms in total. The molecule has 1 aliphatic carbocycles. The van der Waals surface area contributed by atoms with E-state index in [0.29, 0.717) is 16.9 Å². The van der Waals surface area contributed by atoms with Gasteiger partial charge < -0.3 is 10.6 Å². The summed E-state index contributed by atoms with van der Waals surface area (Å²) in [6.07, 6.45) is 2.84. The highest BCUT2D eigenvalue weighted by Crippen LogP contribution is 2.38. The van der Waals surface area contributed by atoms with Crippen LogP contribution in [0.3, 0.4) is 0 Å². The Balaban J connectivity index is 1.54. The van der Waals surface area contributed by atoms with E-state index in [4.69, 9.17) is 0 Å². The highest BCUT2D eigenvalue weighted by molar-refractivity contribution is 6.00. The van der Waals surface area contributed by atoms with Crippen LogP contribution >= 0.6 is 0 Å². The van der Waals surface area contributed by atoms with Gasteiger partial charge >= 0.3 is 6.18 Å². The number of benzene rings is 1. The summed E-state index contributed by atoms with van der Waals surface area (Å²) < 4.78 is 42.1. The third-order valence-corrected chi connectivity index (χ3v) is 6.63. The molecule has 0 radical (unpaired) electrons. The Labute approximate surface area is 207 Å². The first-order valence-corrected chi connectivity index (χ1v) is 11.9. The van der Waals surface area contributed by atoms with Crippen LogP contribution in [-0.4, -0.2) is 32.6 Å². The van der Waals surface area contributed by atoms with Gasteiger partial charge in [0.25, 0.3) is 5.91 Å². The molecule has 0 spiro atoms. The number of amides is 2. The number of rotatable bonds is 6. The van der Waals surface area contributed by atoms with E-state index in [1.165, 1.54) is 29.9 Å². The topological polar surface area (TPSA) is 88.9 Å². The van der Waals surface area contributed by atoms with Crippen molar-refractivity contribution in [2.24, 2.45) is 13.0 Å². The van der Waals surface area contributed by atoms with Gasteiger partial charge in [-0.2, -0.15) is 18.3 Å². The summed E-state index contributed by atoms with van der Waals surface area (Å²) in [5, 5.41) is 9.71. The standard InChI is InChI=1S/C26H28F3N5O2/c1-16-22(20(12-14-30-16)26(27,28)29)17-8-10-19(11-9-17)32-25(36)23(18-6-4-3-5-7-18)33-24(35)21-13-15-31-34(21)2/h8-15,18,23H,3-7H2,1-2H3,(H,32,36)(H,33,35)/t23-/m0/s1. The summed E-state index contributed by atoms with van der Waals surface area (Å²) in [6, 6.07) is 7.96. The quantitative estimate of drug-likeness (QED) is 0.492. The van der Waals surface area contributed by atoms with Gasteiger partial charge in [-0.3, -0.25) is 19.3 Å². The normalized spacial score (nSPS) is 15.4. The summed E-state index contributed by atoms with van der Waals surface area (Å²) in [7, 11) is 1.65. The summed E-state index contributed by atoms with van der Waals surface area (Å²) in [5.74, 6) is -0.760. The van der Waals surface area contributed by atoms with E-state index in [1.54, 1.807) is 25.2 Å². The number of nitrogens with zero attached hydrogens (tertiary/aromatic N) is 3. The van der Waals surface area contributed by atoms with Crippen molar-refractivity contribution in [2.45, 2.75) is 51.2 Å². The fourth-order valence-electron chi connectivity index (χ4n) is 4.78. The molecule has 3 aromatic rings. The van der Waals surface area contributed by atoms with E-state index >= 15 is 0 Å². The van der Waals surface area contributed by atoms with E-state index in [1.807, 2.05) is 0 Å². The lowest BCUT2D eigenvalue weighted by Crippen LogP contribution is -2.49. The molecule has 2 aromatic heterocycles. The lowest BCUT2D eigenvalue weighted by atomic mass is 9.83. The van der Waals surface area contributed by atoms with Crippen LogP contribution in [0.4, 0.5) is 18.9 Å². The summed E-state index contributed by atoms with van der Waals surface area (Å²) >= 11 is 0. The third kappa shape index (κ3) is 5.58. The van der Waals surface area contributed by atoms with Gasteiger partial charge in [0.2, 0.25) is 5.91 Å². The minimum Gasteiger partial charge on any atom is -0.339 e. The van der Waals surface area contributed by atoms with Crippen molar-refractivity contribution in [3.63, 3.8) is 0 Å². The molecule has 0 aliphatic heterocycles.